The molecule has 0 atom stereocenters. The summed E-state index contributed by atoms with van der Waals surface area (Å²) in [6, 6.07) is 12.3. The van der Waals surface area contributed by atoms with Crippen LogP contribution in [0.25, 0.3) is 0 Å². The summed E-state index contributed by atoms with van der Waals surface area (Å²) in [5.74, 6) is 0. The van der Waals surface area contributed by atoms with Gasteiger partial charge in [0.05, 0.1) is 10.0 Å². The molecule has 0 saturated carbocycles. The fourth-order valence-electron chi connectivity index (χ4n) is 1.93. The highest BCUT2D eigenvalue weighted by Gasteiger charge is 2.10. The van der Waals surface area contributed by atoms with Crippen LogP contribution in [-0.4, -0.2) is 0 Å². The van der Waals surface area contributed by atoms with Crippen LogP contribution < -0.4 is 0 Å². The molecule has 0 amide bonds. The minimum atomic E-state index is 0.841. The normalized spacial score (nSPS) is 10.7. The predicted molar refractivity (Wildman–Crippen MR) is 85.8 cm³/mol. The Labute approximate surface area is 129 Å². The Morgan fingerprint density at radius 2 is 1.21 bits per heavy atom. The van der Waals surface area contributed by atoms with E-state index in [-0.39, 0.29) is 0 Å². The van der Waals surface area contributed by atoms with E-state index >= 15 is 0 Å². The van der Waals surface area contributed by atoms with E-state index in [1.54, 1.807) is 11.8 Å². The van der Waals surface area contributed by atoms with Crippen LogP contribution in [-0.2, 0) is 12.8 Å². The molecule has 0 aliphatic carbocycles. The zero-order valence-electron chi connectivity index (χ0n) is 11.0. The van der Waals surface area contributed by atoms with E-state index in [1.807, 2.05) is 24.3 Å². The molecule has 0 spiro atoms. The van der Waals surface area contributed by atoms with Crippen LogP contribution in [0, 0.1) is 0 Å². The van der Waals surface area contributed by atoms with Gasteiger partial charge in [-0.1, -0.05) is 73.1 Å². The van der Waals surface area contributed by atoms with Crippen molar-refractivity contribution in [3.8, 4) is 0 Å². The molecule has 2 aromatic rings. The van der Waals surface area contributed by atoms with Crippen LogP contribution in [0.15, 0.2) is 46.2 Å². The summed E-state index contributed by atoms with van der Waals surface area (Å²) in [5.41, 5.74) is 2.35. The lowest BCUT2D eigenvalue weighted by Crippen LogP contribution is -1.87. The fourth-order valence-corrected chi connectivity index (χ4v) is 3.66. The Morgan fingerprint density at radius 3 is 1.58 bits per heavy atom. The van der Waals surface area contributed by atoms with Gasteiger partial charge in [-0.3, -0.25) is 0 Å². The highest BCUT2D eigenvalue weighted by Crippen LogP contribution is 2.39. The van der Waals surface area contributed by atoms with E-state index in [4.69, 9.17) is 23.2 Å². The average Bonchev–Trinajstić information content (AvgIpc) is 2.43. The minimum Gasteiger partial charge on any atom is -0.0869 e. The number of hydrogen-bond donors (Lipinski definition) is 0. The van der Waals surface area contributed by atoms with Crippen molar-refractivity contribution in [2.75, 3.05) is 0 Å². The van der Waals surface area contributed by atoms with Crippen LogP contribution in [0.4, 0.5) is 0 Å². The standard InChI is InChI=1S/C16H16Cl2S/c1-3-11-7-5-9-13(15(11)17)19-14-10-6-8-12(4-2)16(14)18/h5-10H,3-4H2,1-2H3. The van der Waals surface area contributed by atoms with Gasteiger partial charge in [0.25, 0.3) is 0 Å². The van der Waals surface area contributed by atoms with Gasteiger partial charge in [0.2, 0.25) is 0 Å². The lowest BCUT2D eigenvalue weighted by Gasteiger charge is -2.10. The van der Waals surface area contributed by atoms with Crippen molar-refractivity contribution >= 4 is 35.0 Å². The molecule has 0 N–H and O–H groups in total. The summed E-state index contributed by atoms with van der Waals surface area (Å²) in [6.07, 6.45) is 1.88. The van der Waals surface area contributed by atoms with Gasteiger partial charge in [0.15, 0.2) is 0 Å². The first-order valence-electron chi connectivity index (χ1n) is 6.40. The van der Waals surface area contributed by atoms with Gasteiger partial charge >= 0.3 is 0 Å². The molecule has 0 heterocycles. The summed E-state index contributed by atoms with van der Waals surface area (Å²) in [4.78, 5) is 2.13. The maximum Gasteiger partial charge on any atom is 0.0577 e. The van der Waals surface area contributed by atoms with Crippen molar-refractivity contribution in [3.05, 3.63) is 57.6 Å². The molecule has 0 aromatic heterocycles. The smallest absolute Gasteiger partial charge is 0.0577 e. The second-order valence-corrected chi connectivity index (χ2v) is 6.11. The Morgan fingerprint density at radius 1 is 0.789 bits per heavy atom. The third-order valence-corrected chi connectivity index (χ3v) is 5.31. The highest BCUT2D eigenvalue weighted by atomic mass is 35.5. The van der Waals surface area contributed by atoms with Gasteiger partial charge in [-0.2, -0.15) is 0 Å². The van der Waals surface area contributed by atoms with Crippen molar-refractivity contribution in [1.82, 2.24) is 0 Å². The highest BCUT2D eigenvalue weighted by molar-refractivity contribution is 7.99. The molecule has 0 saturated heterocycles. The van der Waals surface area contributed by atoms with Crippen LogP contribution in [0.5, 0.6) is 0 Å². The quantitative estimate of drug-likeness (QED) is 0.641. The number of halogens is 2. The fraction of sp³-hybridized carbons (Fsp3) is 0.250. The molecule has 19 heavy (non-hydrogen) atoms. The minimum absolute atomic E-state index is 0.841. The third kappa shape index (κ3) is 3.28. The van der Waals surface area contributed by atoms with Crippen molar-refractivity contribution < 1.29 is 0 Å². The van der Waals surface area contributed by atoms with Crippen molar-refractivity contribution in [1.29, 1.82) is 0 Å². The molecule has 2 rings (SSSR count). The van der Waals surface area contributed by atoms with Gasteiger partial charge < -0.3 is 0 Å². The van der Waals surface area contributed by atoms with Gasteiger partial charge in [0.1, 0.15) is 0 Å². The van der Waals surface area contributed by atoms with E-state index in [0.717, 1.165) is 32.7 Å². The van der Waals surface area contributed by atoms with E-state index in [1.165, 1.54) is 11.1 Å². The summed E-state index contributed by atoms with van der Waals surface area (Å²) >= 11 is 14.5. The zero-order valence-corrected chi connectivity index (χ0v) is 13.4. The molecular weight excluding hydrogens is 295 g/mol. The van der Waals surface area contributed by atoms with Crippen molar-refractivity contribution in [2.45, 2.75) is 36.5 Å². The maximum absolute atomic E-state index is 6.42. The second-order valence-electron chi connectivity index (χ2n) is 4.27. The summed E-state index contributed by atoms with van der Waals surface area (Å²) in [5, 5.41) is 1.68. The molecule has 0 bridgehead atoms. The molecule has 2 aromatic carbocycles. The molecule has 100 valence electrons. The molecule has 0 aliphatic rings. The van der Waals surface area contributed by atoms with Crippen molar-refractivity contribution in [3.63, 3.8) is 0 Å². The van der Waals surface area contributed by atoms with E-state index in [9.17, 15) is 0 Å². The first-order chi connectivity index (χ1) is 9.17. The van der Waals surface area contributed by atoms with E-state index < -0.39 is 0 Å². The molecule has 0 nitrogen and oxygen atoms in total. The number of benzene rings is 2. The first kappa shape index (κ1) is 14.8. The lowest BCUT2D eigenvalue weighted by molar-refractivity contribution is 1.12. The Kier molecular flexibility index (Phi) is 5.20. The summed E-state index contributed by atoms with van der Waals surface area (Å²) in [7, 11) is 0. The monoisotopic (exact) mass is 310 g/mol. The second kappa shape index (κ2) is 6.69. The molecule has 0 fully saturated rings. The van der Waals surface area contributed by atoms with Crippen LogP contribution >= 0.6 is 35.0 Å². The van der Waals surface area contributed by atoms with E-state index in [0.29, 0.717) is 0 Å². The lowest BCUT2D eigenvalue weighted by atomic mass is 10.2. The molecule has 3 heteroatoms. The molecule has 0 unspecified atom stereocenters. The van der Waals surface area contributed by atoms with Gasteiger partial charge in [-0.15, -0.1) is 0 Å². The van der Waals surface area contributed by atoms with Crippen LogP contribution in [0.1, 0.15) is 25.0 Å². The Hall–Kier alpha value is -0.630. The molecule has 0 aliphatic heterocycles. The van der Waals surface area contributed by atoms with Crippen LogP contribution in [0.2, 0.25) is 10.0 Å². The van der Waals surface area contributed by atoms with Crippen molar-refractivity contribution in [2.24, 2.45) is 0 Å². The SMILES string of the molecule is CCc1cccc(Sc2cccc(CC)c2Cl)c1Cl. The number of rotatable bonds is 4. The zero-order chi connectivity index (χ0) is 13.8. The molecular formula is C16H16Cl2S. The third-order valence-electron chi connectivity index (χ3n) is 3.07. The largest absolute Gasteiger partial charge is 0.0869 e. The Bertz CT molecular complexity index is 527. The maximum atomic E-state index is 6.42. The van der Waals surface area contributed by atoms with Gasteiger partial charge in [0, 0.05) is 9.79 Å². The van der Waals surface area contributed by atoms with E-state index in [2.05, 4.69) is 26.0 Å². The van der Waals surface area contributed by atoms with Gasteiger partial charge in [-0.05, 0) is 36.1 Å². The van der Waals surface area contributed by atoms with Gasteiger partial charge in [-0.25, -0.2) is 0 Å². The topological polar surface area (TPSA) is 0 Å². The summed E-state index contributed by atoms with van der Waals surface area (Å²) < 4.78 is 0. The Balaban J connectivity index is 2.36. The molecule has 0 radical (unpaired) electrons. The van der Waals surface area contributed by atoms with Crippen LogP contribution in [0.3, 0.4) is 0 Å². The number of aryl methyl sites for hydroxylation is 2. The summed E-state index contributed by atoms with van der Waals surface area (Å²) in [6.45, 7) is 4.22. The average molecular weight is 311 g/mol. The number of hydrogen-bond acceptors (Lipinski definition) is 1. The predicted octanol–water partition coefficient (Wildman–Crippen LogP) is 6.27. The first-order valence-corrected chi connectivity index (χ1v) is 7.97.